The van der Waals surface area contributed by atoms with Crippen LogP contribution in [0.3, 0.4) is 0 Å². The van der Waals surface area contributed by atoms with E-state index in [1.807, 2.05) is 39.0 Å². The number of fused-ring (bicyclic) bond motifs is 1. The van der Waals surface area contributed by atoms with Crippen molar-refractivity contribution in [2.45, 2.75) is 64.8 Å². The fourth-order valence-corrected chi connectivity index (χ4v) is 6.85. The minimum atomic E-state index is -0.687. The predicted molar refractivity (Wildman–Crippen MR) is 236 cm³/mol. The summed E-state index contributed by atoms with van der Waals surface area (Å²) in [6, 6.07) is 16.3. The summed E-state index contributed by atoms with van der Waals surface area (Å²) in [5.41, 5.74) is 3.41. The van der Waals surface area contributed by atoms with Gasteiger partial charge in [0.1, 0.15) is 24.0 Å². The van der Waals surface area contributed by atoms with Gasteiger partial charge in [-0.3, -0.25) is 19.7 Å². The summed E-state index contributed by atoms with van der Waals surface area (Å²) in [7, 11) is 0. The van der Waals surface area contributed by atoms with Crippen LogP contribution in [-0.2, 0) is 62.3 Å². The molecule has 0 radical (unpaired) electrons. The van der Waals surface area contributed by atoms with E-state index in [1.165, 1.54) is 4.90 Å². The van der Waals surface area contributed by atoms with E-state index in [0.29, 0.717) is 126 Å². The minimum Gasteiger partial charge on any atom is -0.491 e. The number of ether oxygens (including phenoxy) is 8. The van der Waals surface area contributed by atoms with Gasteiger partial charge in [-0.05, 0) is 98.8 Å². The third kappa shape index (κ3) is 17.4. The highest BCUT2D eigenvalue weighted by molar-refractivity contribution is 6.31. The van der Waals surface area contributed by atoms with Crippen LogP contribution in [-0.4, -0.2) is 132 Å². The van der Waals surface area contributed by atoms with E-state index >= 15 is 0 Å². The summed E-state index contributed by atoms with van der Waals surface area (Å²) < 4.78 is 44.4. The van der Waals surface area contributed by atoms with Crippen LogP contribution in [0.25, 0.3) is 0 Å². The molecule has 18 heteroatoms. The maximum absolute atomic E-state index is 13.0. The Hall–Kier alpha value is -5.14. The number of carbonyl (C=O) groups excluding carboxylic acids is 5. The monoisotopic (exact) mass is 910 g/mol. The van der Waals surface area contributed by atoms with Crippen LogP contribution in [0, 0.1) is 0 Å². The SMILES string of the molecule is CC(C)(C)OC(=O)c1ccc(OCCOCCOCCOCCOCCOCCOCCc2cc(Cl)cc(NC(=O)NCc3ccc4c(c3)CN(C3CCC(=O)NC3=O)C4=O)c2)cc1. The molecule has 2 heterocycles. The van der Waals surface area contributed by atoms with Crippen molar-refractivity contribution in [3.8, 4) is 5.75 Å². The Balaban J connectivity index is 0.807. The highest BCUT2D eigenvalue weighted by atomic mass is 35.5. The highest BCUT2D eigenvalue weighted by Gasteiger charge is 2.39. The molecule has 348 valence electrons. The Labute approximate surface area is 378 Å². The van der Waals surface area contributed by atoms with Crippen molar-refractivity contribution in [3.63, 3.8) is 0 Å². The number of piperidine rings is 1. The number of rotatable bonds is 27. The third-order valence-electron chi connectivity index (χ3n) is 9.64. The van der Waals surface area contributed by atoms with Crippen molar-refractivity contribution in [2.24, 2.45) is 0 Å². The van der Waals surface area contributed by atoms with Crippen molar-refractivity contribution in [2.75, 3.05) is 91.2 Å². The van der Waals surface area contributed by atoms with Gasteiger partial charge in [0, 0.05) is 35.8 Å². The van der Waals surface area contributed by atoms with Gasteiger partial charge in [0.25, 0.3) is 5.91 Å². The summed E-state index contributed by atoms with van der Waals surface area (Å²) in [5, 5.41) is 8.42. The van der Waals surface area contributed by atoms with E-state index in [0.717, 1.165) is 16.7 Å². The van der Waals surface area contributed by atoms with Gasteiger partial charge in [-0.25, -0.2) is 9.59 Å². The summed E-state index contributed by atoms with van der Waals surface area (Å²) in [6.07, 6.45) is 1.06. The average molecular weight is 911 g/mol. The number of amides is 5. The first-order chi connectivity index (χ1) is 30.8. The smallest absolute Gasteiger partial charge is 0.338 e. The molecule has 64 heavy (non-hydrogen) atoms. The average Bonchev–Trinajstić information content (AvgIpc) is 3.57. The Kier molecular flexibility index (Phi) is 20.2. The van der Waals surface area contributed by atoms with E-state index in [1.54, 1.807) is 42.5 Å². The Morgan fingerprint density at radius 2 is 1.33 bits per heavy atom. The number of imide groups is 1. The Morgan fingerprint density at radius 3 is 1.92 bits per heavy atom. The first-order valence-corrected chi connectivity index (χ1v) is 21.8. The lowest BCUT2D eigenvalue weighted by atomic mass is 10.0. The molecule has 1 saturated heterocycles. The number of urea groups is 1. The second-order valence-electron chi connectivity index (χ2n) is 15.8. The molecule has 2 aliphatic rings. The number of hydrogen-bond acceptors (Lipinski definition) is 13. The van der Waals surface area contributed by atoms with Crippen LogP contribution in [0.5, 0.6) is 5.75 Å². The third-order valence-corrected chi connectivity index (χ3v) is 9.86. The summed E-state index contributed by atoms with van der Waals surface area (Å²) in [5.74, 6) is -0.772. The summed E-state index contributed by atoms with van der Waals surface area (Å²) >= 11 is 6.34. The zero-order valence-corrected chi connectivity index (χ0v) is 37.5. The van der Waals surface area contributed by atoms with Crippen LogP contribution in [0.2, 0.25) is 5.02 Å². The quantitative estimate of drug-likeness (QED) is 0.0520. The van der Waals surface area contributed by atoms with E-state index < -0.39 is 23.6 Å². The minimum absolute atomic E-state index is 0.188. The van der Waals surface area contributed by atoms with Crippen molar-refractivity contribution in [3.05, 3.63) is 93.5 Å². The van der Waals surface area contributed by atoms with Crippen LogP contribution in [0.15, 0.2) is 60.7 Å². The highest BCUT2D eigenvalue weighted by Crippen LogP contribution is 2.28. The van der Waals surface area contributed by atoms with Crippen molar-refractivity contribution in [1.29, 1.82) is 0 Å². The van der Waals surface area contributed by atoms with E-state index in [4.69, 9.17) is 49.5 Å². The first kappa shape index (κ1) is 49.9. The van der Waals surface area contributed by atoms with Gasteiger partial charge in [-0.1, -0.05) is 23.7 Å². The lowest BCUT2D eigenvalue weighted by molar-refractivity contribution is -0.136. The zero-order valence-electron chi connectivity index (χ0n) is 36.7. The molecular formula is C46H59ClN4O13. The second kappa shape index (κ2) is 26.0. The van der Waals surface area contributed by atoms with Gasteiger partial charge in [0.15, 0.2) is 0 Å². The van der Waals surface area contributed by atoms with Gasteiger partial charge >= 0.3 is 12.0 Å². The molecule has 5 rings (SSSR count). The lowest BCUT2D eigenvalue weighted by Crippen LogP contribution is -2.52. The number of hydrogen-bond donors (Lipinski definition) is 3. The Bertz CT molecular complexity index is 2010. The first-order valence-electron chi connectivity index (χ1n) is 21.4. The topological polar surface area (TPSA) is 199 Å². The Morgan fingerprint density at radius 1 is 0.734 bits per heavy atom. The van der Waals surface area contributed by atoms with Crippen LogP contribution in [0.1, 0.15) is 71.0 Å². The summed E-state index contributed by atoms with van der Waals surface area (Å²) in [4.78, 5) is 63.2. The fraction of sp³-hybridized carbons (Fsp3) is 0.500. The molecule has 0 bridgehead atoms. The molecule has 3 N–H and O–H groups in total. The molecule has 0 spiro atoms. The molecule has 1 unspecified atom stereocenters. The number of nitrogens with zero attached hydrogens (tertiary/aromatic N) is 1. The fourth-order valence-electron chi connectivity index (χ4n) is 6.60. The number of benzene rings is 3. The molecule has 17 nitrogen and oxygen atoms in total. The lowest BCUT2D eigenvalue weighted by Gasteiger charge is -2.29. The van der Waals surface area contributed by atoms with Crippen molar-refractivity contribution in [1.82, 2.24) is 15.5 Å². The van der Waals surface area contributed by atoms with Crippen LogP contribution < -0.4 is 20.7 Å². The predicted octanol–water partition coefficient (Wildman–Crippen LogP) is 5.10. The maximum atomic E-state index is 13.0. The number of nitrogens with one attached hydrogen (secondary N) is 3. The van der Waals surface area contributed by atoms with Gasteiger partial charge < -0.3 is 53.4 Å². The van der Waals surface area contributed by atoms with Crippen molar-refractivity contribution < 1.29 is 61.9 Å². The molecule has 1 fully saturated rings. The standard InChI is InChI=1S/C46H59ClN4O13/c1-46(2,3)64-44(55)34-5-7-38(8-6-34)63-25-24-62-23-22-61-21-20-60-19-18-59-17-16-58-15-14-57-13-12-32-27-36(47)29-37(28-32)49-45(56)48-30-33-4-9-39-35(26-33)31-51(43(39)54)40-10-11-41(52)50-42(40)53/h4-9,26-29,40H,10-25,30-31H2,1-3H3,(H2,48,49,56)(H,50,52,53). The number of halogens is 1. The number of carbonyl (C=O) groups is 5. The molecule has 0 saturated carbocycles. The van der Waals surface area contributed by atoms with Gasteiger partial charge in [0.05, 0.1) is 84.8 Å². The van der Waals surface area contributed by atoms with Crippen LogP contribution in [0.4, 0.5) is 10.5 Å². The zero-order chi connectivity index (χ0) is 45.7. The molecule has 1 atom stereocenters. The van der Waals surface area contributed by atoms with Crippen molar-refractivity contribution >= 4 is 47.0 Å². The van der Waals surface area contributed by atoms with E-state index in [2.05, 4.69) is 16.0 Å². The molecule has 3 aromatic carbocycles. The van der Waals surface area contributed by atoms with E-state index in [9.17, 15) is 24.0 Å². The second-order valence-corrected chi connectivity index (χ2v) is 16.3. The molecule has 2 aliphatic heterocycles. The normalized spacial score (nSPS) is 14.9. The largest absolute Gasteiger partial charge is 0.491 e. The van der Waals surface area contributed by atoms with Crippen LogP contribution >= 0.6 is 11.6 Å². The van der Waals surface area contributed by atoms with Gasteiger partial charge in [0.2, 0.25) is 11.8 Å². The number of anilines is 1. The molecule has 5 amide bonds. The molecular weight excluding hydrogens is 852 g/mol. The maximum Gasteiger partial charge on any atom is 0.338 e. The summed E-state index contributed by atoms with van der Waals surface area (Å²) in [6.45, 7) is 11.5. The number of esters is 1. The van der Waals surface area contributed by atoms with Gasteiger partial charge in [-0.15, -0.1) is 0 Å². The van der Waals surface area contributed by atoms with E-state index in [-0.39, 0.29) is 37.3 Å². The molecule has 0 aromatic heterocycles. The molecule has 0 aliphatic carbocycles. The molecule has 3 aromatic rings. The van der Waals surface area contributed by atoms with Gasteiger partial charge in [-0.2, -0.15) is 0 Å².